The molecule has 6 heteroatoms. The molecule has 0 aromatic heterocycles. The van der Waals surface area contributed by atoms with Crippen LogP contribution in [-0.4, -0.2) is 52.0 Å². The summed E-state index contributed by atoms with van der Waals surface area (Å²) in [7, 11) is 1.75. The van der Waals surface area contributed by atoms with Crippen molar-refractivity contribution < 1.29 is 9.47 Å². The zero-order chi connectivity index (χ0) is 12.3. The minimum atomic E-state index is 0. The monoisotopic (exact) mass is 369 g/mol. The molecule has 1 rings (SSSR count). The molecule has 1 atom stereocenters. The Morgan fingerprint density at radius 3 is 3.00 bits per heavy atom. The molecule has 0 bridgehead atoms. The van der Waals surface area contributed by atoms with Crippen LogP contribution in [0.25, 0.3) is 0 Å². The minimum Gasteiger partial charge on any atom is -0.379 e. The SMILES string of the molecule is C=CCNC(=NC)NCCCOC1CCOC1.I. The third-order valence-electron chi connectivity index (χ3n) is 2.49. The molecule has 5 nitrogen and oxygen atoms in total. The first-order valence-electron chi connectivity index (χ1n) is 6.11. The number of nitrogens with one attached hydrogen (secondary N) is 2. The minimum absolute atomic E-state index is 0. The number of halogens is 1. The van der Waals surface area contributed by atoms with Crippen LogP contribution in [-0.2, 0) is 9.47 Å². The average Bonchev–Trinajstić information content (AvgIpc) is 2.85. The Hall–Kier alpha value is -0.340. The predicted octanol–water partition coefficient (Wildman–Crippen LogP) is 1.15. The van der Waals surface area contributed by atoms with Crippen molar-refractivity contribution >= 4 is 29.9 Å². The van der Waals surface area contributed by atoms with E-state index in [0.717, 1.165) is 51.7 Å². The third kappa shape index (κ3) is 7.88. The molecule has 0 spiro atoms. The number of ether oxygens (including phenoxy) is 2. The Labute approximate surface area is 126 Å². The molecule has 0 saturated carbocycles. The molecule has 106 valence electrons. The van der Waals surface area contributed by atoms with Crippen LogP contribution in [0.2, 0.25) is 0 Å². The highest BCUT2D eigenvalue weighted by Crippen LogP contribution is 2.07. The summed E-state index contributed by atoms with van der Waals surface area (Å²) in [6.45, 7) is 7.56. The van der Waals surface area contributed by atoms with Crippen molar-refractivity contribution in [3.63, 3.8) is 0 Å². The number of hydrogen-bond acceptors (Lipinski definition) is 3. The highest BCUT2D eigenvalue weighted by Gasteiger charge is 2.15. The van der Waals surface area contributed by atoms with Crippen molar-refractivity contribution in [2.45, 2.75) is 18.9 Å². The van der Waals surface area contributed by atoms with E-state index in [1.807, 2.05) is 0 Å². The fraction of sp³-hybridized carbons (Fsp3) is 0.750. The standard InChI is InChI=1S/C12H23N3O2.HI/c1-3-6-14-12(13-2)15-7-4-8-17-11-5-9-16-10-11;/h3,11H,1,4-10H2,2H3,(H2,13,14,15);1H. The van der Waals surface area contributed by atoms with Gasteiger partial charge in [-0.3, -0.25) is 4.99 Å². The van der Waals surface area contributed by atoms with Crippen LogP contribution in [0.1, 0.15) is 12.8 Å². The second-order valence-corrected chi connectivity index (χ2v) is 3.88. The lowest BCUT2D eigenvalue weighted by Crippen LogP contribution is -2.38. The molecular formula is C12H24IN3O2. The molecule has 0 aliphatic carbocycles. The number of nitrogens with zero attached hydrogens (tertiary/aromatic N) is 1. The molecule has 0 radical (unpaired) electrons. The van der Waals surface area contributed by atoms with Crippen LogP contribution < -0.4 is 10.6 Å². The first-order chi connectivity index (χ1) is 8.36. The summed E-state index contributed by atoms with van der Waals surface area (Å²) in [6, 6.07) is 0. The summed E-state index contributed by atoms with van der Waals surface area (Å²) in [5, 5.41) is 6.32. The lowest BCUT2D eigenvalue weighted by Gasteiger charge is -2.12. The van der Waals surface area contributed by atoms with Crippen molar-refractivity contribution in [2.24, 2.45) is 4.99 Å². The summed E-state index contributed by atoms with van der Waals surface area (Å²) < 4.78 is 10.9. The lowest BCUT2D eigenvalue weighted by molar-refractivity contribution is 0.0420. The van der Waals surface area contributed by atoms with Crippen molar-refractivity contribution in [1.82, 2.24) is 10.6 Å². The van der Waals surface area contributed by atoms with Crippen molar-refractivity contribution in [3.8, 4) is 0 Å². The zero-order valence-electron chi connectivity index (χ0n) is 11.0. The maximum Gasteiger partial charge on any atom is 0.191 e. The van der Waals surface area contributed by atoms with Gasteiger partial charge in [-0.15, -0.1) is 30.6 Å². The van der Waals surface area contributed by atoms with E-state index >= 15 is 0 Å². The highest BCUT2D eigenvalue weighted by atomic mass is 127. The van der Waals surface area contributed by atoms with E-state index in [-0.39, 0.29) is 24.0 Å². The van der Waals surface area contributed by atoms with Crippen LogP contribution in [0.5, 0.6) is 0 Å². The third-order valence-corrected chi connectivity index (χ3v) is 2.49. The number of hydrogen-bond donors (Lipinski definition) is 2. The Kier molecular flexibility index (Phi) is 11.5. The van der Waals surface area contributed by atoms with Gasteiger partial charge in [-0.1, -0.05) is 6.08 Å². The largest absolute Gasteiger partial charge is 0.379 e. The van der Waals surface area contributed by atoms with Gasteiger partial charge in [0.15, 0.2) is 5.96 Å². The van der Waals surface area contributed by atoms with Gasteiger partial charge in [0.05, 0.1) is 12.7 Å². The van der Waals surface area contributed by atoms with Crippen LogP contribution in [0.3, 0.4) is 0 Å². The molecule has 2 N–H and O–H groups in total. The van der Waals surface area contributed by atoms with Gasteiger partial charge in [-0.2, -0.15) is 0 Å². The smallest absolute Gasteiger partial charge is 0.191 e. The maximum atomic E-state index is 5.66. The molecule has 0 aromatic carbocycles. The summed E-state index contributed by atoms with van der Waals surface area (Å²) >= 11 is 0. The normalized spacial score (nSPS) is 19.2. The van der Waals surface area contributed by atoms with Crippen molar-refractivity contribution in [3.05, 3.63) is 12.7 Å². The molecule has 18 heavy (non-hydrogen) atoms. The van der Waals surface area contributed by atoms with Gasteiger partial charge in [-0.05, 0) is 12.8 Å². The Bertz CT molecular complexity index is 243. The van der Waals surface area contributed by atoms with Gasteiger partial charge in [-0.25, -0.2) is 0 Å². The molecule has 1 saturated heterocycles. The van der Waals surface area contributed by atoms with E-state index in [1.165, 1.54) is 0 Å². The van der Waals surface area contributed by atoms with Crippen molar-refractivity contribution in [2.75, 3.05) is 40.0 Å². The zero-order valence-corrected chi connectivity index (χ0v) is 13.3. The Morgan fingerprint density at radius 2 is 2.39 bits per heavy atom. The molecule has 1 fully saturated rings. The first kappa shape index (κ1) is 17.7. The van der Waals surface area contributed by atoms with E-state index in [2.05, 4.69) is 22.2 Å². The molecule has 1 aliphatic heterocycles. The average molecular weight is 369 g/mol. The van der Waals surface area contributed by atoms with Crippen LogP contribution in [0.15, 0.2) is 17.6 Å². The van der Waals surface area contributed by atoms with Gasteiger partial charge in [0.25, 0.3) is 0 Å². The van der Waals surface area contributed by atoms with E-state index < -0.39 is 0 Å². The molecular weight excluding hydrogens is 345 g/mol. The van der Waals surface area contributed by atoms with E-state index in [1.54, 1.807) is 13.1 Å². The number of rotatable bonds is 7. The van der Waals surface area contributed by atoms with Gasteiger partial charge in [0, 0.05) is 33.4 Å². The summed E-state index contributed by atoms with van der Waals surface area (Å²) in [6.07, 6.45) is 4.09. The summed E-state index contributed by atoms with van der Waals surface area (Å²) in [4.78, 5) is 4.09. The van der Waals surface area contributed by atoms with Gasteiger partial charge < -0.3 is 20.1 Å². The van der Waals surface area contributed by atoms with Crippen LogP contribution in [0.4, 0.5) is 0 Å². The second kappa shape index (κ2) is 11.7. The quantitative estimate of drug-likeness (QED) is 0.233. The first-order valence-corrected chi connectivity index (χ1v) is 6.11. The number of aliphatic imine (C=N–C) groups is 1. The molecule has 1 heterocycles. The Balaban J connectivity index is 0.00000289. The molecule has 1 aliphatic rings. The molecule has 1 unspecified atom stereocenters. The summed E-state index contributed by atoms with van der Waals surface area (Å²) in [5.41, 5.74) is 0. The van der Waals surface area contributed by atoms with Gasteiger partial charge >= 0.3 is 0 Å². The van der Waals surface area contributed by atoms with Gasteiger partial charge in [0.1, 0.15) is 0 Å². The van der Waals surface area contributed by atoms with Crippen molar-refractivity contribution in [1.29, 1.82) is 0 Å². The van der Waals surface area contributed by atoms with E-state index in [9.17, 15) is 0 Å². The fourth-order valence-electron chi connectivity index (χ4n) is 1.56. The predicted molar refractivity (Wildman–Crippen MR) is 84.8 cm³/mol. The second-order valence-electron chi connectivity index (χ2n) is 3.88. The van der Waals surface area contributed by atoms with Crippen LogP contribution in [0, 0.1) is 0 Å². The maximum absolute atomic E-state index is 5.66. The highest BCUT2D eigenvalue weighted by molar-refractivity contribution is 14.0. The topological polar surface area (TPSA) is 54.9 Å². The van der Waals surface area contributed by atoms with E-state index in [4.69, 9.17) is 9.47 Å². The fourth-order valence-corrected chi connectivity index (χ4v) is 1.56. The molecule has 0 amide bonds. The van der Waals surface area contributed by atoms with Crippen LogP contribution >= 0.6 is 24.0 Å². The number of guanidine groups is 1. The Morgan fingerprint density at radius 1 is 1.56 bits per heavy atom. The lowest BCUT2D eigenvalue weighted by atomic mass is 10.3. The van der Waals surface area contributed by atoms with E-state index in [0.29, 0.717) is 6.10 Å². The summed E-state index contributed by atoms with van der Waals surface area (Å²) in [5.74, 6) is 0.800. The molecule has 0 aromatic rings. The van der Waals surface area contributed by atoms with Gasteiger partial charge in [0.2, 0.25) is 0 Å².